The fraction of sp³-hybridized carbons (Fsp3) is 0.389. The van der Waals surface area contributed by atoms with Gasteiger partial charge in [-0.1, -0.05) is 25.6 Å². The number of nitrogens with zero attached hydrogens (tertiary/aromatic N) is 1. The number of halogens is 3. The predicted octanol–water partition coefficient (Wildman–Crippen LogP) is 4.34. The third-order valence-corrected chi connectivity index (χ3v) is 6.03. The molecule has 0 aliphatic carbocycles. The Morgan fingerprint density at radius 2 is 2.00 bits per heavy atom. The number of rotatable bonds is 9. The van der Waals surface area contributed by atoms with E-state index in [2.05, 4.69) is 22.2 Å². The van der Waals surface area contributed by atoms with Crippen molar-refractivity contribution in [3.63, 3.8) is 0 Å². The summed E-state index contributed by atoms with van der Waals surface area (Å²) in [7, 11) is 0. The molecule has 0 bridgehead atoms. The molecule has 0 radical (unpaired) electrons. The summed E-state index contributed by atoms with van der Waals surface area (Å²) in [5.41, 5.74) is -0.174. The molecule has 1 amide bonds. The lowest BCUT2D eigenvalue weighted by Crippen LogP contribution is -2.26. The number of aromatic nitrogens is 2. The molecule has 2 aromatic rings. The Hall–Kier alpha value is -1.94. The molecule has 0 aliphatic rings. The van der Waals surface area contributed by atoms with Crippen molar-refractivity contribution >= 4 is 35.1 Å². The van der Waals surface area contributed by atoms with Crippen LogP contribution in [-0.2, 0) is 10.5 Å². The Morgan fingerprint density at radius 1 is 1.25 bits per heavy atom. The van der Waals surface area contributed by atoms with Gasteiger partial charge < -0.3 is 10.3 Å². The monoisotopic (exact) mass is 431 g/mol. The van der Waals surface area contributed by atoms with Crippen molar-refractivity contribution in [1.82, 2.24) is 9.97 Å². The standard InChI is InChI=1S/C18H20F3N3O2S2/c1-3-7-27-9-10-8-14(25)24-18(22-10)28-13(4-2)17(26)23-12-6-5-11(19)15(20)16(12)21/h5-6,8,13H,3-4,7,9H2,1-2H3,(H,23,26)(H,22,24,25). The number of H-pyrrole nitrogens is 1. The molecule has 0 fully saturated rings. The SMILES string of the molecule is CCCSCc1cc(=O)[nH]c(SC(CC)C(=O)Nc2ccc(F)c(F)c2F)n1. The van der Waals surface area contributed by atoms with Gasteiger partial charge in [0, 0.05) is 11.8 Å². The topological polar surface area (TPSA) is 74.8 Å². The number of hydrogen-bond acceptors (Lipinski definition) is 5. The molecule has 1 aromatic carbocycles. The highest BCUT2D eigenvalue weighted by Gasteiger charge is 2.22. The van der Waals surface area contributed by atoms with Crippen molar-refractivity contribution < 1.29 is 18.0 Å². The molecule has 28 heavy (non-hydrogen) atoms. The molecular weight excluding hydrogens is 411 g/mol. The summed E-state index contributed by atoms with van der Waals surface area (Å²) in [6.07, 6.45) is 1.36. The lowest BCUT2D eigenvalue weighted by Gasteiger charge is -2.15. The van der Waals surface area contributed by atoms with E-state index in [0.717, 1.165) is 36.1 Å². The molecule has 1 heterocycles. The Kier molecular flexibility index (Phi) is 8.43. The van der Waals surface area contributed by atoms with Gasteiger partial charge in [0.1, 0.15) is 0 Å². The van der Waals surface area contributed by atoms with Gasteiger partial charge in [-0.25, -0.2) is 18.2 Å². The number of hydrogen-bond donors (Lipinski definition) is 2. The van der Waals surface area contributed by atoms with Crippen LogP contribution in [-0.4, -0.2) is 26.9 Å². The Morgan fingerprint density at radius 3 is 2.68 bits per heavy atom. The number of amides is 1. The molecule has 0 spiro atoms. The maximum atomic E-state index is 13.8. The molecule has 0 aliphatic heterocycles. The summed E-state index contributed by atoms with van der Waals surface area (Å²) in [6, 6.07) is 3.09. The van der Waals surface area contributed by atoms with E-state index in [1.54, 1.807) is 18.7 Å². The van der Waals surface area contributed by atoms with Crippen LogP contribution in [0.3, 0.4) is 0 Å². The van der Waals surface area contributed by atoms with E-state index in [1.165, 1.54) is 6.07 Å². The second-order valence-corrected chi connectivity index (χ2v) is 8.12. The molecule has 152 valence electrons. The number of anilines is 1. The van der Waals surface area contributed by atoms with Crippen molar-refractivity contribution in [2.45, 2.75) is 42.8 Å². The zero-order valence-electron chi connectivity index (χ0n) is 15.4. The first-order valence-corrected chi connectivity index (χ1v) is 10.7. The normalized spacial score (nSPS) is 12.0. The number of carbonyl (C=O) groups is 1. The average Bonchev–Trinajstić information content (AvgIpc) is 2.66. The molecular formula is C18H20F3N3O2S2. The summed E-state index contributed by atoms with van der Waals surface area (Å²) < 4.78 is 40.1. The number of benzene rings is 1. The molecule has 1 aromatic heterocycles. The molecule has 0 saturated carbocycles. The summed E-state index contributed by atoms with van der Waals surface area (Å²) in [6.45, 7) is 3.79. The van der Waals surface area contributed by atoms with E-state index in [0.29, 0.717) is 17.9 Å². The quantitative estimate of drug-likeness (QED) is 0.267. The molecule has 10 heteroatoms. The molecule has 2 N–H and O–H groups in total. The minimum atomic E-state index is -1.65. The van der Waals surface area contributed by atoms with E-state index in [1.807, 2.05) is 0 Å². The van der Waals surface area contributed by atoms with Crippen LogP contribution < -0.4 is 10.9 Å². The van der Waals surface area contributed by atoms with Crippen molar-refractivity contribution in [2.75, 3.05) is 11.1 Å². The molecule has 5 nitrogen and oxygen atoms in total. The van der Waals surface area contributed by atoms with Gasteiger partial charge in [-0.3, -0.25) is 9.59 Å². The van der Waals surface area contributed by atoms with Crippen LogP contribution in [0.5, 0.6) is 0 Å². The van der Waals surface area contributed by atoms with Crippen LogP contribution in [0.15, 0.2) is 28.2 Å². The second-order valence-electron chi connectivity index (χ2n) is 5.82. The fourth-order valence-corrected chi connectivity index (χ4v) is 3.95. The largest absolute Gasteiger partial charge is 0.323 e. The molecule has 1 unspecified atom stereocenters. The van der Waals surface area contributed by atoms with E-state index in [9.17, 15) is 22.8 Å². The predicted molar refractivity (Wildman–Crippen MR) is 106 cm³/mol. The van der Waals surface area contributed by atoms with Gasteiger partial charge in [0.15, 0.2) is 22.6 Å². The first kappa shape index (κ1) is 22.4. The van der Waals surface area contributed by atoms with Crippen LogP contribution in [0.2, 0.25) is 0 Å². The van der Waals surface area contributed by atoms with Crippen molar-refractivity contribution in [1.29, 1.82) is 0 Å². The molecule has 2 rings (SSSR count). The van der Waals surface area contributed by atoms with Gasteiger partial charge in [-0.15, -0.1) is 0 Å². The Balaban J connectivity index is 2.12. The summed E-state index contributed by atoms with van der Waals surface area (Å²) >= 11 is 2.67. The second kappa shape index (κ2) is 10.6. The lowest BCUT2D eigenvalue weighted by molar-refractivity contribution is -0.115. The van der Waals surface area contributed by atoms with Gasteiger partial charge in [0.05, 0.1) is 16.6 Å². The van der Waals surface area contributed by atoms with Gasteiger partial charge in [-0.05, 0) is 30.7 Å². The first-order valence-electron chi connectivity index (χ1n) is 8.64. The summed E-state index contributed by atoms with van der Waals surface area (Å²) in [4.78, 5) is 31.2. The zero-order chi connectivity index (χ0) is 20.7. The van der Waals surface area contributed by atoms with E-state index >= 15 is 0 Å². The Bertz CT molecular complexity index is 893. The van der Waals surface area contributed by atoms with Crippen molar-refractivity contribution in [3.8, 4) is 0 Å². The smallest absolute Gasteiger partial charge is 0.251 e. The molecule has 0 saturated heterocycles. The van der Waals surface area contributed by atoms with Crippen LogP contribution >= 0.6 is 23.5 Å². The minimum absolute atomic E-state index is 0.271. The highest BCUT2D eigenvalue weighted by molar-refractivity contribution is 8.00. The summed E-state index contributed by atoms with van der Waals surface area (Å²) in [5, 5.41) is 1.81. The maximum absolute atomic E-state index is 13.8. The van der Waals surface area contributed by atoms with Crippen LogP contribution in [0.1, 0.15) is 32.4 Å². The maximum Gasteiger partial charge on any atom is 0.251 e. The zero-order valence-corrected chi connectivity index (χ0v) is 17.0. The highest BCUT2D eigenvalue weighted by atomic mass is 32.2. The summed E-state index contributed by atoms with van der Waals surface area (Å²) in [5.74, 6) is -3.54. The van der Waals surface area contributed by atoms with Gasteiger partial charge >= 0.3 is 0 Å². The van der Waals surface area contributed by atoms with Crippen molar-refractivity contribution in [3.05, 3.63) is 51.7 Å². The number of aromatic amines is 1. The van der Waals surface area contributed by atoms with Crippen LogP contribution in [0.4, 0.5) is 18.9 Å². The van der Waals surface area contributed by atoms with Crippen LogP contribution in [0, 0.1) is 17.5 Å². The van der Waals surface area contributed by atoms with E-state index in [-0.39, 0.29) is 10.7 Å². The Labute approximate surface area is 168 Å². The van der Waals surface area contributed by atoms with Crippen molar-refractivity contribution in [2.24, 2.45) is 0 Å². The third-order valence-electron chi connectivity index (χ3n) is 3.58. The number of nitrogens with one attached hydrogen (secondary N) is 2. The van der Waals surface area contributed by atoms with E-state index < -0.39 is 34.3 Å². The third kappa shape index (κ3) is 6.03. The average molecular weight is 432 g/mol. The highest BCUT2D eigenvalue weighted by Crippen LogP contribution is 2.25. The minimum Gasteiger partial charge on any atom is -0.323 e. The van der Waals surface area contributed by atoms with Crippen LogP contribution in [0.25, 0.3) is 0 Å². The number of thioether (sulfide) groups is 2. The van der Waals surface area contributed by atoms with E-state index in [4.69, 9.17) is 0 Å². The van der Waals surface area contributed by atoms with Gasteiger partial charge in [0.25, 0.3) is 5.56 Å². The number of carbonyl (C=O) groups excluding carboxylic acids is 1. The lowest BCUT2D eigenvalue weighted by atomic mass is 10.2. The van der Waals surface area contributed by atoms with Gasteiger partial charge in [0.2, 0.25) is 5.91 Å². The molecule has 1 atom stereocenters. The fourth-order valence-electron chi connectivity index (χ4n) is 2.23. The first-order chi connectivity index (χ1) is 13.3. The van der Waals surface area contributed by atoms with Gasteiger partial charge in [-0.2, -0.15) is 11.8 Å².